The Labute approximate surface area is 130 Å². The van der Waals surface area contributed by atoms with Gasteiger partial charge in [-0.3, -0.25) is 0 Å². The number of carbonyl (C=O) groups is 1. The van der Waals surface area contributed by atoms with E-state index in [1.807, 2.05) is 0 Å². The molecule has 0 atom stereocenters. The molecule has 0 aromatic heterocycles. The van der Waals surface area contributed by atoms with E-state index in [9.17, 15) is 23.1 Å². The largest absolute Gasteiger partial charge is 0.573 e. The highest BCUT2D eigenvalue weighted by atomic mass is 19.4. The number of alkyl halides is 3. The predicted molar refractivity (Wildman–Crippen MR) is 73.0 cm³/mol. The Kier molecular flexibility index (Phi) is 3.30. The van der Waals surface area contributed by atoms with Crippen molar-refractivity contribution >= 4 is 6.09 Å². The van der Waals surface area contributed by atoms with Gasteiger partial charge in [0.1, 0.15) is 5.75 Å². The molecule has 0 bridgehead atoms. The normalized spacial score (nSPS) is 21.5. The number of rotatable bonds is 2. The average molecular weight is 331 g/mol. The molecule has 1 aliphatic carbocycles. The third-order valence-electron chi connectivity index (χ3n) is 4.61. The first-order valence-electron chi connectivity index (χ1n) is 7.09. The van der Waals surface area contributed by atoms with E-state index < -0.39 is 18.1 Å². The zero-order valence-corrected chi connectivity index (χ0v) is 12.4. The Balaban J connectivity index is 1.73. The molecule has 5 nitrogen and oxygen atoms in total. The van der Waals surface area contributed by atoms with Crippen LogP contribution in [0.1, 0.15) is 24.0 Å². The zero-order valence-electron chi connectivity index (χ0n) is 12.4. The summed E-state index contributed by atoms with van der Waals surface area (Å²) in [6.07, 6.45) is -5.12. The van der Waals surface area contributed by atoms with Crippen LogP contribution in [0.15, 0.2) is 18.2 Å². The van der Waals surface area contributed by atoms with Crippen LogP contribution in [0.5, 0.6) is 5.75 Å². The first-order valence-corrected chi connectivity index (χ1v) is 7.09. The van der Waals surface area contributed by atoms with Crippen LogP contribution in [0, 0.1) is 12.3 Å². The molecule has 2 aliphatic rings. The number of hydrogen-bond acceptors (Lipinski definition) is 3. The van der Waals surface area contributed by atoms with E-state index in [1.165, 1.54) is 24.0 Å². The summed E-state index contributed by atoms with van der Waals surface area (Å²) in [5, 5.41) is 19.5. The molecule has 1 saturated heterocycles. The molecule has 1 amide bonds. The number of aliphatic hydroxyl groups is 1. The van der Waals surface area contributed by atoms with Gasteiger partial charge in [-0.2, -0.15) is 0 Å². The number of benzene rings is 1. The lowest BCUT2D eigenvalue weighted by Gasteiger charge is -2.61. The van der Waals surface area contributed by atoms with Crippen molar-refractivity contribution in [1.82, 2.24) is 4.90 Å². The minimum atomic E-state index is -4.79. The maximum Gasteiger partial charge on any atom is 0.573 e. The third kappa shape index (κ3) is 2.83. The van der Waals surface area contributed by atoms with E-state index in [1.54, 1.807) is 6.07 Å². The van der Waals surface area contributed by atoms with Crippen molar-refractivity contribution in [3.63, 3.8) is 0 Å². The molecule has 23 heavy (non-hydrogen) atoms. The monoisotopic (exact) mass is 331 g/mol. The van der Waals surface area contributed by atoms with Crippen molar-refractivity contribution < 1.29 is 32.9 Å². The molecule has 2 fully saturated rings. The highest BCUT2D eigenvalue weighted by Gasteiger charge is 2.61. The molecule has 0 radical (unpaired) electrons. The van der Waals surface area contributed by atoms with Crippen molar-refractivity contribution in [3.05, 3.63) is 29.3 Å². The number of hydrogen-bond donors (Lipinski definition) is 2. The molecule has 1 spiro atoms. The fourth-order valence-electron chi connectivity index (χ4n) is 3.64. The molecule has 1 aromatic rings. The quantitative estimate of drug-likeness (QED) is 0.874. The van der Waals surface area contributed by atoms with E-state index in [0.717, 1.165) is 0 Å². The average Bonchev–Trinajstić information content (AvgIpc) is 2.32. The lowest BCUT2D eigenvalue weighted by atomic mass is 9.53. The van der Waals surface area contributed by atoms with Crippen LogP contribution >= 0.6 is 0 Å². The second-order valence-electron chi connectivity index (χ2n) is 6.55. The molecule has 2 N–H and O–H groups in total. The van der Waals surface area contributed by atoms with Crippen molar-refractivity contribution in [2.75, 3.05) is 13.1 Å². The molecule has 1 aromatic carbocycles. The predicted octanol–water partition coefficient (Wildman–Crippen LogP) is 2.86. The maximum atomic E-state index is 12.4. The zero-order chi connectivity index (χ0) is 17.0. The Morgan fingerprint density at radius 1 is 1.30 bits per heavy atom. The van der Waals surface area contributed by atoms with E-state index >= 15 is 0 Å². The summed E-state index contributed by atoms with van der Waals surface area (Å²) in [7, 11) is 0. The number of ether oxygens (including phenoxy) is 1. The van der Waals surface area contributed by atoms with Crippen molar-refractivity contribution in [2.45, 2.75) is 31.7 Å². The molecule has 8 heteroatoms. The molecule has 0 unspecified atom stereocenters. The van der Waals surface area contributed by atoms with E-state index in [0.29, 0.717) is 37.1 Å². The smallest absolute Gasteiger partial charge is 0.465 e. The van der Waals surface area contributed by atoms with Crippen LogP contribution < -0.4 is 4.74 Å². The SMILES string of the molecule is Cc1ccc(C2(O)CC3(CN(C(=O)O)C3)C2)cc1OC(F)(F)F. The second kappa shape index (κ2) is 4.77. The van der Waals surface area contributed by atoms with Gasteiger partial charge in [-0.15, -0.1) is 13.2 Å². The number of aryl methyl sites for hydroxylation is 1. The van der Waals surface area contributed by atoms with Gasteiger partial charge in [-0.1, -0.05) is 12.1 Å². The van der Waals surface area contributed by atoms with Crippen LogP contribution in [0.2, 0.25) is 0 Å². The van der Waals surface area contributed by atoms with Gasteiger partial charge in [0, 0.05) is 18.5 Å². The lowest BCUT2D eigenvalue weighted by molar-refractivity contribution is -0.275. The van der Waals surface area contributed by atoms with Gasteiger partial charge in [0.05, 0.1) is 5.60 Å². The molecular formula is C15H16F3NO4. The molecule has 3 rings (SSSR count). The number of halogens is 3. The molecular weight excluding hydrogens is 315 g/mol. The molecule has 1 heterocycles. The Hall–Kier alpha value is -1.96. The standard InChI is InChI=1S/C15H16F3NO4/c1-9-2-3-10(4-11(9)23-15(16,17)18)14(22)5-13(6-14)7-19(8-13)12(20)21/h2-4,22H,5-8H2,1H3,(H,20,21). The summed E-state index contributed by atoms with van der Waals surface area (Å²) in [6.45, 7) is 2.19. The summed E-state index contributed by atoms with van der Waals surface area (Å²) >= 11 is 0. The van der Waals surface area contributed by atoms with E-state index in [-0.39, 0.29) is 11.2 Å². The van der Waals surface area contributed by atoms with Crippen LogP contribution in [-0.2, 0) is 5.60 Å². The van der Waals surface area contributed by atoms with Crippen LogP contribution in [0.4, 0.5) is 18.0 Å². The maximum absolute atomic E-state index is 12.4. The summed E-state index contributed by atoms with van der Waals surface area (Å²) in [4.78, 5) is 12.1. The van der Waals surface area contributed by atoms with Crippen LogP contribution in [0.25, 0.3) is 0 Å². The van der Waals surface area contributed by atoms with Gasteiger partial charge >= 0.3 is 12.5 Å². The number of likely N-dealkylation sites (tertiary alicyclic amines) is 1. The topological polar surface area (TPSA) is 70.0 Å². The molecule has 126 valence electrons. The van der Waals surface area contributed by atoms with Gasteiger partial charge < -0.3 is 19.8 Å². The highest BCUT2D eigenvalue weighted by Crippen LogP contribution is 2.58. The van der Waals surface area contributed by atoms with Gasteiger partial charge in [0.25, 0.3) is 0 Å². The molecule has 1 aliphatic heterocycles. The van der Waals surface area contributed by atoms with Crippen LogP contribution in [-0.4, -0.2) is 40.7 Å². The van der Waals surface area contributed by atoms with Gasteiger partial charge in [-0.25, -0.2) is 4.79 Å². The van der Waals surface area contributed by atoms with Crippen molar-refractivity contribution in [1.29, 1.82) is 0 Å². The Morgan fingerprint density at radius 2 is 1.91 bits per heavy atom. The van der Waals surface area contributed by atoms with E-state index in [4.69, 9.17) is 5.11 Å². The fraction of sp³-hybridized carbons (Fsp3) is 0.533. The second-order valence-corrected chi connectivity index (χ2v) is 6.55. The first kappa shape index (κ1) is 15.9. The minimum absolute atomic E-state index is 0.261. The van der Waals surface area contributed by atoms with Gasteiger partial charge in [-0.05, 0) is 37.0 Å². The number of amides is 1. The van der Waals surface area contributed by atoms with Crippen LogP contribution in [0.3, 0.4) is 0 Å². The number of nitrogens with zero attached hydrogens (tertiary/aromatic N) is 1. The van der Waals surface area contributed by atoms with E-state index in [2.05, 4.69) is 4.74 Å². The van der Waals surface area contributed by atoms with Crippen molar-refractivity contribution in [2.24, 2.45) is 5.41 Å². The minimum Gasteiger partial charge on any atom is -0.465 e. The third-order valence-corrected chi connectivity index (χ3v) is 4.61. The molecule has 1 saturated carbocycles. The summed E-state index contributed by atoms with van der Waals surface area (Å²) in [5.74, 6) is -0.329. The van der Waals surface area contributed by atoms with Crippen molar-refractivity contribution in [3.8, 4) is 5.75 Å². The first-order chi connectivity index (χ1) is 10.5. The van der Waals surface area contributed by atoms with Gasteiger partial charge in [0.15, 0.2) is 0 Å². The summed E-state index contributed by atoms with van der Waals surface area (Å²) in [6, 6.07) is 4.27. The number of carboxylic acid groups (broad SMARTS) is 1. The fourth-order valence-corrected chi connectivity index (χ4v) is 3.64. The highest BCUT2D eigenvalue weighted by molar-refractivity contribution is 5.66. The lowest BCUT2D eigenvalue weighted by Crippen LogP contribution is -2.67. The summed E-state index contributed by atoms with van der Waals surface area (Å²) < 4.78 is 41.2. The van der Waals surface area contributed by atoms with Gasteiger partial charge in [0.2, 0.25) is 0 Å². The Bertz CT molecular complexity index is 645. The summed E-state index contributed by atoms with van der Waals surface area (Å²) in [5.41, 5.74) is -0.809. The Morgan fingerprint density at radius 3 is 2.43 bits per heavy atom.